The standard InChI is InChI=1S/C21H23N5O5/c1-11-10-31-16-9-25-8-12(18(27)19(28)17(25)21(30)26(11)16)20(29)22-7-15-23-13-5-3-4-6-14(13)24(15)2/h3-6,8,11,16,20,22,28-29H,7,9-10H2,1-2H3/t11-,16+,20?/m0/s1. The molecule has 10 nitrogen and oxygen atoms in total. The molecule has 0 aliphatic carbocycles. The van der Waals surface area contributed by atoms with Gasteiger partial charge in [-0.05, 0) is 19.1 Å². The number of aromatic nitrogens is 3. The fourth-order valence-electron chi connectivity index (χ4n) is 4.34. The number of aliphatic hydroxyl groups is 1. The van der Waals surface area contributed by atoms with E-state index in [-0.39, 0.29) is 30.4 Å². The smallest absolute Gasteiger partial charge is 0.276 e. The molecule has 31 heavy (non-hydrogen) atoms. The molecular formula is C21H23N5O5. The predicted octanol–water partition coefficient (Wildman–Crippen LogP) is 0.422. The van der Waals surface area contributed by atoms with Crippen molar-refractivity contribution in [2.45, 2.75) is 38.5 Å². The third-order valence-corrected chi connectivity index (χ3v) is 6.02. The largest absolute Gasteiger partial charge is 0.503 e. The SMILES string of the molecule is C[C@H]1CO[C@@H]2Cn3cc(C(O)NCc4nc5ccccc5n4C)c(=O)c(O)c3C(=O)N12. The number of hydrogen-bond donors (Lipinski definition) is 3. The minimum absolute atomic E-state index is 0.0488. The van der Waals surface area contributed by atoms with E-state index < -0.39 is 29.5 Å². The van der Waals surface area contributed by atoms with Crippen molar-refractivity contribution in [3.05, 3.63) is 57.8 Å². The van der Waals surface area contributed by atoms with Gasteiger partial charge in [0.25, 0.3) is 5.91 Å². The summed E-state index contributed by atoms with van der Waals surface area (Å²) in [6, 6.07) is 7.53. The number of imidazole rings is 1. The van der Waals surface area contributed by atoms with Crippen molar-refractivity contribution >= 4 is 16.9 Å². The molecule has 0 bridgehead atoms. The Morgan fingerprint density at radius 1 is 1.32 bits per heavy atom. The van der Waals surface area contributed by atoms with E-state index in [1.165, 1.54) is 15.7 Å². The summed E-state index contributed by atoms with van der Waals surface area (Å²) in [5, 5.41) is 24.0. The Kier molecular flexibility index (Phi) is 4.58. The number of ether oxygens (including phenoxy) is 1. The number of nitrogens with one attached hydrogen (secondary N) is 1. The second-order valence-electron chi connectivity index (χ2n) is 7.97. The van der Waals surface area contributed by atoms with E-state index in [1.807, 2.05) is 42.8 Å². The Morgan fingerprint density at radius 2 is 2.10 bits per heavy atom. The molecule has 162 valence electrons. The first kappa shape index (κ1) is 19.7. The summed E-state index contributed by atoms with van der Waals surface area (Å²) >= 11 is 0. The second kappa shape index (κ2) is 7.19. The highest BCUT2D eigenvalue weighted by Gasteiger charge is 2.42. The minimum atomic E-state index is -1.35. The van der Waals surface area contributed by atoms with Gasteiger partial charge in [0.2, 0.25) is 5.43 Å². The number of nitrogens with zero attached hydrogens (tertiary/aromatic N) is 4. The van der Waals surface area contributed by atoms with Gasteiger partial charge in [0.1, 0.15) is 12.1 Å². The summed E-state index contributed by atoms with van der Waals surface area (Å²) in [7, 11) is 1.87. The van der Waals surface area contributed by atoms with Gasteiger partial charge in [-0.3, -0.25) is 14.9 Å². The third kappa shape index (κ3) is 3.02. The summed E-state index contributed by atoms with van der Waals surface area (Å²) in [5.74, 6) is -0.435. The highest BCUT2D eigenvalue weighted by Crippen LogP contribution is 2.30. The maximum absolute atomic E-state index is 12.8. The first-order valence-corrected chi connectivity index (χ1v) is 10.1. The zero-order valence-electron chi connectivity index (χ0n) is 17.1. The summed E-state index contributed by atoms with van der Waals surface area (Å²) in [6.45, 7) is 2.71. The Morgan fingerprint density at radius 3 is 2.87 bits per heavy atom. The molecule has 0 spiro atoms. The van der Waals surface area contributed by atoms with E-state index >= 15 is 0 Å². The highest BCUT2D eigenvalue weighted by molar-refractivity contribution is 5.96. The molecule has 1 unspecified atom stereocenters. The quantitative estimate of drug-likeness (QED) is 0.518. The Hall–Kier alpha value is -3.21. The molecule has 0 radical (unpaired) electrons. The summed E-state index contributed by atoms with van der Waals surface area (Å²) in [6.07, 6.45) is -0.409. The molecule has 2 aromatic heterocycles. The number of carbonyl (C=O) groups excluding carboxylic acids is 1. The van der Waals surface area contributed by atoms with Crippen LogP contribution in [0.1, 0.15) is 35.0 Å². The van der Waals surface area contributed by atoms with Crippen molar-refractivity contribution in [1.29, 1.82) is 0 Å². The average molecular weight is 425 g/mol. The molecule has 4 heterocycles. The fraction of sp³-hybridized carbons (Fsp3) is 0.381. The minimum Gasteiger partial charge on any atom is -0.503 e. The maximum Gasteiger partial charge on any atom is 0.276 e. The molecule has 1 saturated heterocycles. The number of benzene rings is 1. The number of fused-ring (bicyclic) bond motifs is 3. The second-order valence-corrected chi connectivity index (χ2v) is 7.97. The number of pyridine rings is 1. The lowest BCUT2D eigenvalue weighted by Crippen LogP contribution is -2.48. The van der Waals surface area contributed by atoms with Crippen molar-refractivity contribution in [3.8, 4) is 5.75 Å². The number of hydrogen-bond acceptors (Lipinski definition) is 7. The molecule has 2 aliphatic rings. The van der Waals surface area contributed by atoms with Gasteiger partial charge in [-0.1, -0.05) is 12.1 Å². The first-order chi connectivity index (χ1) is 14.9. The van der Waals surface area contributed by atoms with E-state index in [0.717, 1.165) is 11.0 Å². The number of rotatable bonds is 4. The van der Waals surface area contributed by atoms with Crippen molar-refractivity contribution in [2.75, 3.05) is 6.61 Å². The molecule has 0 saturated carbocycles. The van der Waals surface area contributed by atoms with Crippen LogP contribution in [0.25, 0.3) is 11.0 Å². The van der Waals surface area contributed by atoms with Crippen molar-refractivity contribution in [3.63, 3.8) is 0 Å². The van der Waals surface area contributed by atoms with E-state index in [2.05, 4.69) is 10.3 Å². The van der Waals surface area contributed by atoms with Crippen LogP contribution in [0.5, 0.6) is 5.75 Å². The number of amides is 1. The lowest BCUT2D eigenvalue weighted by molar-refractivity contribution is 0.00600. The van der Waals surface area contributed by atoms with E-state index in [4.69, 9.17) is 4.74 Å². The van der Waals surface area contributed by atoms with E-state index in [9.17, 15) is 19.8 Å². The normalized spacial score (nSPS) is 21.4. The zero-order chi connectivity index (χ0) is 21.9. The fourth-order valence-corrected chi connectivity index (χ4v) is 4.34. The van der Waals surface area contributed by atoms with Gasteiger partial charge in [-0.2, -0.15) is 0 Å². The molecule has 5 rings (SSSR count). The predicted molar refractivity (Wildman–Crippen MR) is 110 cm³/mol. The summed E-state index contributed by atoms with van der Waals surface area (Å²) in [5.41, 5.74) is 0.874. The molecular weight excluding hydrogens is 402 g/mol. The van der Waals surface area contributed by atoms with Crippen molar-refractivity contribution in [1.82, 2.24) is 24.3 Å². The lowest BCUT2D eigenvalue weighted by Gasteiger charge is -2.34. The van der Waals surface area contributed by atoms with Gasteiger partial charge >= 0.3 is 0 Å². The number of aromatic hydroxyl groups is 1. The van der Waals surface area contributed by atoms with Crippen LogP contribution in [0.4, 0.5) is 0 Å². The molecule has 2 aliphatic heterocycles. The van der Waals surface area contributed by atoms with Crippen LogP contribution in [0.2, 0.25) is 0 Å². The molecule has 1 aromatic carbocycles. The van der Waals surface area contributed by atoms with Crippen LogP contribution in [0, 0.1) is 0 Å². The van der Waals surface area contributed by atoms with Gasteiger partial charge in [-0.15, -0.1) is 0 Å². The topological polar surface area (TPSA) is 122 Å². The zero-order valence-corrected chi connectivity index (χ0v) is 17.1. The van der Waals surface area contributed by atoms with Crippen molar-refractivity contribution < 1.29 is 19.7 Å². The number of aryl methyl sites for hydroxylation is 1. The number of para-hydroxylation sites is 2. The Labute approximate surface area is 177 Å². The lowest BCUT2D eigenvalue weighted by atomic mass is 10.1. The van der Waals surface area contributed by atoms with Gasteiger partial charge < -0.3 is 29.0 Å². The number of aliphatic hydroxyl groups excluding tert-OH is 1. The van der Waals surface area contributed by atoms with E-state index in [0.29, 0.717) is 12.4 Å². The number of carbonyl (C=O) groups is 1. The van der Waals surface area contributed by atoms with Crippen molar-refractivity contribution in [2.24, 2.45) is 7.05 Å². The highest BCUT2D eigenvalue weighted by atomic mass is 16.5. The molecule has 3 atom stereocenters. The van der Waals surface area contributed by atoms with Crippen LogP contribution in [0.3, 0.4) is 0 Å². The van der Waals surface area contributed by atoms with Crippen LogP contribution in [-0.4, -0.2) is 54.0 Å². The van der Waals surface area contributed by atoms with Gasteiger partial charge in [0.05, 0.1) is 42.3 Å². The average Bonchev–Trinajstić information content (AvgIpc) is 3.29. The molecule has 3 N–H and O–H groups in total. The van der Waals surface area contributed by atoms with Crippen LogP contribution < -0.4 is 10.7 Å². The van der Waals surface area contributed by atoms with Gasteiger partial charge in [0.15, 0.2) is 17.7 Å². The Balaban J connectivity index is 1.43. The van der Waals surface area contributed by atoms with E-state index in [1.54, 1.807) is 0 Å². The molecule has 1 fully saturated rings. The van der Waals surface area contributed by atoms with Gasteiger partial charge in [0, 0.05) is 13.2 Å². The third-order valence-electron chi connectivity index (χ3n) is 6.02. The van der Waals surface area contributed by atoms with Crippen LogP contribution in [0.15, 0.2) is 35.3 Å². The first-order valence-electron chi connectivity index (χ1n) is 10.1. The maximum atomic E-state index is 12.8. The van der Waals surface area contributed by atoms with Gasteiger partial charge in [-0.25, -0.2) is 4.98 Å². The monoisotopic (exact) mass is 425 g/mol. The van der Waals surface area contributed by atoms with Crippen LogP contribution in [-0.2, 0) is 24.9 Å². The molecule has 3 aromatic rings. The summed E-state index contributed by atoms with van der Waals surface area (Å²) < 4.78 is 9.03. The molecule has 1 amide bonds. The van der Waals surface area contributed by atoms with Crippen LogP contribution >= 0.6 is 0 Å². The Bertz CT molecular complexity index is 1250. The molecule has 10 heteroatoms. The summed E-state index contributed by atoms with van der Waals surface area (Å²) in [4.78, 5) is 31.6.